The average Bonchev–Trinajstić information content (AvgIpc) is 3.12. The Balaban J connectivity index is 1.94. The Labute approximate surface area is 148 Å². The van der Waals surface area contributed by atoms with Crippen LogP contribution in [-0.4, -0.2) is 32.0 Å². The SMILES string of the molecule is CC(C)[C@H](NC(=O)c1ccco1)C(=O)NCc1ccc(N(C)C)cc1. The fourth-order valence-electron chi connectivity index (χ4n) is 2.37. The molecule has 1 aromatic heterocycles. The van der Waals surface area contributed by atoms with Crippen LogP contribution in [0.4, 0.5) is 5.69 Å². The second-order valence-electron chi connectivity index (χ2n) is 6.45. The van der Waals surface area contributed by atoms with Crippen LogP contribution in [0, 0.1) is 5.92 Å². The first-order valence-electron chi connectivity index (χ1n) is 8.27. The predicted octanol–water partition coefficient (Wildman–Crippen LogP) is 2.42. The summed E-state index contributed by atoms with van der Waals surface area (Å²) in [6, 6.07) is 10.5. The highest BCUT2D eigenvalue weighted by Gasteiger charge is 2.25. The molecule has 2 rings (SSSR count). The van der Waals surface area contributed by atoms with E-state index < -0.39 is 11.9 Å². The summed E-state index contributed by atoms with van der Waals surface area (Å²) in [5.74, 6) is -0.464. The summed E-state index contributed by atoms with van der Waals surface area (Å²) in [5.41, 5.74) is 2.10. The van der Waals surface area contributed by atoms with Crippen molar-refractivity contribution in [1.82, 2.24) is 10.6 Å². The molecular formula is C19H25N3O3. The van der Waals surface area contributed by atoms with Gasteiger partial charge in [0.25, 0.3) is 5.91 Å². The van der Waals surface area contributed by atoms with Crippen molar-refractivity contribution >= 4 is 17.5 Å². The van der Waals surface area contributed by atoms with Gasteiger partial charge in [-0.25, -0.2) is 0 Å². The van der Waals surface area contributed by atoms with Crippen LogP contribution < -0.4 is 15.5 Å². The Morgan fingerprint density at radius 2 is 1.80 bits per heavy atom. The third kappa shape index (κ3) is 5.11. The second kappa shape index (κ2) is 8.37. The number of hydrogen-bond acceptors (Lipinski definition) is 4. The number of nitrogens with zero attached hydrogens (tertiary/aromatic N) is 1. The molecule has 0 saturated heterocycles. The van der Waals surface area contributed by atoms with Crippen molar-refractivity contribution in [3.8, 4) is 0 Å². The summed E-state index contributed by atoms with van der Waals surface area (Å²) < 4.78 is 5.07. The van der Waals surface area contributed by atoms with Crippen LogP contribution in [-0.2, 0) is 11.3 Å². The number of benzene rings is 1. The Morgan fingerprint density at radius 3 is 2.32 bits per heavy atom. The first kappa shape index (κ1) is 18.6. The molecule has 6 nitrogen and oxygen atoms in total. The van der Waals surface area contributed by atoms with Crippen molar-refractivity contribution in [2.75, 3.05) is 19.0 Å². The highest BCUT2D eigenvalue weighted by atomic mass is 16.3. The minimum absolute atomic E-state index is 0.0463. The van der Waals surface area contributed by atoms with Gasteiger partial charge in [-0.3, -0.25) is 9.59 Å². The lowest BCUT2D eigenvalue weighted by Crippen LogP contribution is -2.49. The molecule has 0 aliphatic rings. The van der Waals surface area contributed by atoms with Crippen molar-refractivity contribution in [2.24, 2.45) is 5.92 Å². The Morgan fingerprint density at radius 1 is 1.12 bits per heavy atom. The zero-order valence-electron chi connectivity index (χ0n) is 15.1. The largest absolute Gasteiger partial charge is 0.459 e. The van der Waals surface area contributed by atoms with Gasteiger partial charge in [-0.2, -0.15) is 0 Å². The minimum Gasteiger partial charge on any atom is -0.459 e. The van der Waals surface area contributed by atoms with Crippen LogP contribution in [0.1, 0.15) is 30.0 Å². The molecule has 0 unspecified atom stereocenters. The number of hydrogen-bond donors (Lipinski definition) is 2. The van der Waals surface area contributed by atoms with E-state index in [0.717, 1.165) is 11.3 Å². The van der Waals surface area contributed by atoms with Gasteiger partial charge in [-0.05, 0) is 35.7 Å². The first-order valence-corrected chi connectivity index (χ1v) is 8.27. The third-order valence-corrected chi connectivity index (χ3v) is 3.90. The van der Waals surface area contributed by atoms with Crippen molar-refractivity contribution in [3.05, 3.63) is 54.0 Å². The lowest BCUT2D eigenvalue weighted by atomic mass is 10.0. The molecule has 1 heterocycles. The van der Waals surface area contributed by atoms with Crippen molar-refractivity contribution in [2.45, 2.75) is 26.4 Å². The molecule has 134 valence electrons. The van der Waals surface area contributed by atoms with Crippen LogP contribution in [0.3, 0.4) is 0 Å². The van der Waals surface area contributed by atoms with Crippen molar-refractivity contribution in [1.29, 1.82) is 0 Å². The molecule has 1 aromatic carbocycles. The molecule has 0 aliphatic carbocycles. The average molecular weight is 343 g/mol. The molecule has 2 amide bonds. The van der Waals surface area contributed by atoms with Gasteiger partial charge in [0.1, 0.15) is 6.04 Å². The molecule has 2 aromatic rings. The fraction of sp³-hybridized carbons (Fsp3) is 0.368. The van der Waals surface area contributed by atoms with Gasteiger partial charge in [0.15, 0.2) is 5.76 Å². The molecule has 0 spiro atoms. The van der Waals surface area contributed by atoms with E-state index in [9.17, 15) is 9.59 Å². The summed E-state index contributed by atoms with van der Waals surface area (Å²) in [6.45, 7) is 4.18. The van der Waals surface area contributed by atoms with Crippen molar-refractivity contribution < 1.29 is 14.0 Å². The summed E-state index contributed by atoms with van der Waals surface area (Å²) in [6.07, 6.45) is 1.43. The van der Waals surface area contributed by atoms with Crippen molar-refractivity contribution in [3.63, 3.8) is 0 Å². The van der Waals surface area contributed by atoms with Crippen LogP contribution in [0.5, 0.6) is 0 Å². The highest BCUT2D eigenvalue weighted by molar-refractivity contribution is 5.95. The molecule has 2 N–H and O–H groups in total. The summed E-state index contributed by atoms with van der Waals surface area (Å²) in [4.78, 5) is 26.6. The van der Waals surface area contributed by atoms with E-state index in [4.69, 9.17) is 4.42 Å². The maximum atomic E-state index is 12.5. The van der Waals surface area contributed by atoms with Gasteiger partial charge in [0, 0.05) is 26.3 Å². The van der Waals surface area contributed by atoms with Gasteiger partial charge in [0.2, 0.25) is 5.91 Å². The van der Waals surface area contributed by atoms with E-state index >= 15 is 0 Å². The fourth-order valence-corrected chi connectivity index (χ4v) is 2.37. The number of anilines is 1. The monoisotopic (exact) mass is 343 g/mol. The van der Waals surface area contributed by atoms with Crippen LogP contribution in [0.25, 0.3) is 0 Å². The number of furan rings is 1. The first-order chi connectivity index (χ1) is 11.9. The number of carbonyl (C=O) groups is 2. The molecule has 0 aliphatic heterocycles. The quantitative estimate of drug-likeness (QED) is 0.810. The summed E-state index contributed by atoms with van der Waals surface area (Å²) in [5, 5.41) is 5.61. The number of carbonyl (C=O) groups excluding carboxylic acids is 2. The maximum absolute atomic E-state index is 12.5. The summed E-state index contributed by atoms with van der Waals surface area (Å²) >= 11 is 0. The van der Waals surface area contributed by atoms with Crippen LogP contribution in [0.2, 0.25) is 0 Å². The normalized spacial score (nSPS) is 11.9. The lowest BCUT2D eigenvalue weighted by molar-refractivity contribution is -0.124. The van der Waals surface area contributed by atoms with E-state index in [1.54, 1.807) is 12.1 Å². The highest BCUT2D eigenvalue weighted by Crippen LogP contribution is 2.12. The lowest BCUT2D eigenvalue weighted by Gasteiger charge is -2.21. The molecule has 6 heteroatoms. The van der Waals surface area contributed by atoms with E-state index in [0.29, 0.717) is 6.54 Å². The number of amides is 2. The van der Waals surface area contributed by atoms with Gasteiger partial charge >= 0.3 is 0 Å². The van der Waals surface area contributed by atoms with E-state index in [1.165, 1.54) is 6.26 Å². The standard InChI is InChI=1S/C19H25N3O3/c1-13(2)17(21-18(23)16-6-5-11-25-16)19(24)20-12-14-7-9-15(10-8-14)22(3)4/h5-11,13,17H,12H2,1-4H3,(H,20,24)(H,21,23)/t17-/m0/s1. The van der Waals surface area contributed by atoms with E-state index in [-0.39, 0.29) is 17.6 Å². The molecule has 25 heavy (non-hydrogen) atoms. The van der Waals surface area contributed by atoms with Gasteiger partial charge in [-0.15, -0.1) is 0 Å². The number of rotatable bonds is 7. The topological polar surface area (TPSA) is 74.6 Å². The molecule has 0 saturated carbocycles. The molecule has 0 fully saturated rings. The Bertz CT molecular complexity index is 691. The van der Waals surface area contributed by atoms with Gasteiger partial charge in [0.05, 0.1) is 6.26 Å². The second-order valence-corrected chi connectivity index (χ2v) is 6.45. The van der Waals surface area contributed by atoms with Crippen LogP contribution in [0.15, 0.2) is 47.1 Å². The minimum atomic E-state index is -0.626. The smallest absolute Gasteiger partial charge is 0.287 e. The molecule has 0 radical (unpaired) electrons. The molecule has 1 atom stereocenters. The third-order valence-electron chi connectivity index (χ3n) is 3.90. The molecule has 0 bridgehead atoms. The van der Waals surface area contributed by atoms with Gasteiger partial charge < -0.3 is 20.0 Å². The Hall–Kier alpha value is -2.76. The molecular weight excluding hydrogens is 318 g/mol. The van der Waals surface area contributed by atoms with E-state index in [1.807, 2.05) is 57.1 Å². The summed E-state index contributed by atoms with van der Waals surface area (Å²) in [7, 11) is 3.96. The number of nitrogens with one attached hydrogen (secondary N) is 2. The van der Waals surface area contributed by atoms with Gasteiger partial charge in [-0.1, -0.05) is 26.0 Å². The van der Waals surface area contributed by atoms with Crippen LogP contribution >= 0.6 is 0 Å². The van der Waals surface area contributed by atoms with E-state index in [2.05, 4.69) is 10.6 Å². The predicted molar refractivity (Wildman–Crippen MR) is 97.4 cm³/mol. The zero-order chi connectivity index (χ0) is 18.4. The maximum Gasteiger partial charge on any atom is 0.287 e. The Kier molecular flexibility index (Phi) is 6.22. The zero-order valence-corrected chi connectivity index (χ0v) is 15.1.